The van der Waals surface area contributed by atoms with Gasteiger partial charge in [0.1, 0.15) is 6.61 Å². The predicted octanol–water partition coefficient (Wildman–Crippen LogP) is 4.68. The van der Waals surface area contributed by atoms with Gasteiger partial charge in [-0.1, -0.05) is 72.8 Å². The second kappa shape index (κ2) is 9.18. The minimum absolute atomic E-state index is 0.238. The molecule has 0 saturated carbocycles. The summed E-state index contributed by atoms with van der Waals surface area (Å²) in [5, 5.41) is 2.71. The average molecular weight is 344 g/mol. The molecule has 3 aromatic rings. The number of hydrogen-bond acceptors (Lipinski definition) is 3. The topological polar surface area (TPSA) is 51.2 Å². The molecule has 26 heavy (non-hydrogen) atoms. The first kappa shape index (κ1) is 17.4. The average Bonchev–Trinajstić information content (AvgIpc) is 2.71. The van der Waals surface area contributed by atoms with Crippen molar-refractivity contribution in [2.75, 3.05) is 0 Å². The van der Waals surface area contributed by atoms with Crippen LogP contribution in [0.25, 0.3) is 12.2 Å². The van der Waals surface area contributed by atoms with Crippen molar-refractivity contribution in [1.29, 1.82) is 0 Å². The third kappa shape index (κ3) is 5.60. The fourth-order valence-corrected chi connectivity index (χ4v) is 2.36. The summed E-state index contributed by atoms with van der Waals surface area (Å²) in [6.07, 6.45) is 7.09. The number of carbonyl (C=O) groups is 1. The zero-order chi connectivity index (χ0) is 18.0. The van der Waals surface area contributed by atoms with E-state index >= 15 is 0 Å². The molecule has 0 radical (unpaired) electrons. The highest BCUT2D eigenvalue weighted by molar-refractivity contribution is 5.69. The standard InChI is InChI=1S/C22H20N2O2/c25-22(24-16-21-7-4-14-23-15-21)26-17-20-12-10-19(11-13-20)9-8-18-5-2-1-3-6-18/h1-15H,16-17H2,(H,24,25)/b9-8+. The zero-order valence-corrected chi connectivity index (χ0v) is 14.3. The van der Waals surface area contributed by atoms with Crippen LogP contribution in [0.15, 0.2) is 79.1 Å². The van der Waals surface area contributed by atoms with Gasteiger partial charge in [-0.3, -0.25) is 4.98 Å². The number of hydrogen-bond donors (Lipinski definition) is 1. The Morgan fingerprint density at radius 2 is 1.62 bits per heavy atom. The Hall–Kier alpha value is -3.40. The number of rotatable bonds is 6. The fraction of sp³-hybridized carbons (Fsp3) is 0.0909. The van der Waals surface area contributed by atoms with Crippen molar-refractivity contribution in [3.63, 3.8) is 0 Å². The summed E-state index contributed by atoms with van der Waals surface area (Å²) in [4.78, 5) is 15.8. The smallest absolute Gasteiger partial charge is 0.407 e. The van der Waals surface area contributed by atoms with Crippen LogP contribution in [0.1, 0.15) is 22.3 Å². The second-order valence-corrected chi connectivity index (χ2v) is 5.78. The van der Waals surface area contributed by atoms with Crippen LogP contribution < -0.4 is 5.32 Å². The Kier molecular flexibility index (Phi) is 6.15. The van der Waals surface area contributed by atoms with Crippen LogP contribution in [0.5, 0.6) is 0 Å². The second-order valence-electron chi connectivity index (χ2n) is 5.78. The molecule has 4 nitrogen and oxygen atoms in total. The van der Waals surface area contributed by atoms with Crippen LogP contribution in [0, 0.1) is 0 Å². The van der Waals surface area contributed by atoms with Crippen molar-refractivity contribution in [2.45, 2.75) is 13.2 Å². The van der Waals surface area contributed by atoms with E-state index in [0.717, 1.165) is 22.3 Å². The number of carbonyl (C=O) groups excluding carboxylic acids is 1. The maximum atomic E-state index is 11.8. The van der Waals surface area contributed by atoms with Gasteiger partial charge in [-0.25, -0.2) is 4.79 Å². The molecule has 0 unspecified atom stereocenters. The maximum Gasteiger partial charge on any atom is 0.407 e. The summed E-state index contributed by atoms with van der Waals surface area (Å²) < 4.78 is 5.23. The summed E-state index contributed by atoms with van der Waals surface area (Å²) in [6, 6.07) is 21.8. The first-order valence-corrected chi connectivity index (χ1v) is 8.41. The molecular weight excluding hydrogens is 324 g/mol. The summed E-state index contributed by atoms with van der Waals surface area (Å²) in [5.74, 6) is 0. The van der Waals surface area contributed by atoms with Crippen molar-refractivity contribution < 1.29 is 9.53 Å². The lowest BCUT2D eigenvalue weighted by atomic mass is 10.1. The zero-order valence-electron chi connectivity index (χ0n) is 14.3. The van der Waals surface area contributed by atoms with Gasteiger partial charge in [0, 0.05) is 18.9 Å². The number of alkyl carbamates (subject to hydrolysis) is 1. The molecule has 1 heterocycles. The predicted molar refractivity (Wildman–Crippen MR) is 103 cm³/mol. The third-order valence-electron chi connectivity index (χ3n) is 3.78. The molecule has 0 aliphatic heterocycles. The minimum Gasteiger partial charge on any atom is -0.445 e. The van der Waals surface area contributed by atoms with Crippen LogP contribution in [-0.2, 0) is 17.9 Å². The van der Waals surface area contributed by atoms with Gasteiger partial charge in [0.2, 0.25) is 0 Å². The molecule has 1 N–H and O–H groups in total. The molecule has 1 amide bonds. The van der Waals surface area contributed by atoms with E-state index in [9.17, 15) is 4.79 Å². The summed E-state index contributed by atoms with van der Waals surface area (Å²) in [6.45, 7) is 0.636. The molecule has 0 aliphatic carbocycles. The lowest BCUT2D eigenvalue weighted by molar-refractivity contribution is 0.139. The largest absolute Gasteiger partial charge is 0.445 e. The monoisotopic (exact) mass is 344 g/mol. The van der Waals surface area contributed by atoms with Crippen molar-refractivity contribution in [3.05, 3.63) is 101 Å². The van der Waals surface area contributed by atoms with E-state index < -0.39 is 6.09 Å². The maximum absolute atomic E-state index is 11.8. The molecule has 0 bridgehead atoms. The van der Waals surface area contributed by atoms with Crippen LogP contribution in [0.4, 0.5) is 4.79 Å². The first-order valence-electron chi connectivity index (χ1n) is 8.41. The molecule has 130 valence electrons. The third-order valence-corrected chi connectivity index (χ3v) is 3.78. The number of ether oxygens (including phenoxy) is 1. The minimum atomic E-state index is -0.443. The number of amides is 1. The molecule has 0 fully saturated rings. The summed E-state index contributed by atoms with van der Waals surface area (Å²) in [7, 11) is 0. The number of aromatic nitrogens is 1. The van der Waals surface area contributed by atoms with E-state index in [2.05, 4.69) is 34.6 Å². The van der Waals surface area contributed by atoms with Crippen LogP contribution >= 0.6 is 0 Å². The molecule has 4 heteroatoms. The fourth-order valence-electron chi connectivity index (χ4n) is 2.36. The normalized spacial score (nSPS) is 10.6. The van der Waals surface area contributed by atoms with Gasteiger partial charge < -0.3 is 10.1 Å². The van der Waals surface area contributed by atoms with Gasteiger partial charge in [0.05, 0.1) is 0 Å². The van der Waals surface area contributed by atoms with Gasteiger partial charge in [0.25, 0.3) is 0 Å². The molecule has 2 aromatic carbocycles. The number of benzene rings is 2. The first-order chi connectivity index (χ1) is 12.8. The van der Waals surface area contributed by atoms with E-state index in [-0.39, 0.29) is 6.61 Å². The Labute approximate surface area is 153 Å². The van der Waals surface area contributed by atoms with E-state index in [4.69, 9.17) is 4.74 Å². The highest BCUT2D eigenvalue weighted by atomic mass is 16.5. The van der Waals surface area contributed by atoms with Gasteiger partial charge in [0.15, 0.2) is 0 Å². The molecule has 0 atom stereocenters. The Morgan fingerprint density at radius 3 is 2.31 bits per heavy atom. The van der Waals surface area contributed by atoms with E-state index in [1.807, 2.05) is 54.6 Å². The van der Waals surface area contributed by atoms with E-state index in [1.54, 1.807) is 12.4 Å². The van der Waals surface area contributed by atoms with Crippen molar-refractivity contribution in [1.82, 2.24) is 10.3 Å². The quantitative estimate of drug-likeness (QED) is 0.661. The Bertz CT molecular complexity index is 844. The van der Waals surface area contributed by atoms with Crippen LogP contribution in [0.2, 0.25) is 0 Å². The van der Waals surface area contributed by atoms with Gasteiger partial charge in [-0.15, -0.1) is 0 Å². The van der Waals surface area contributed by atoms with Crippen LogP contribution in [-0.4, -0.2) is 11.1 Å². The molecular formula is C22H20N2O2. The van der Waals surface area contributed by atoms with Gasteiger partial charge in [-0.2, -0.15) is 0 Å². The lowest BCUT2D eigenvalue weighted by Crippen LogP contribution is -2.23. The summed E-state index contributed by atoms with van der Waals surface area (Å²) in [5.41, 5.74) is 4.13. The molecule has 0 saturated heterocycles. The number of nitrogens with one attached hydrogen (secondary N) is 1. The molecule has 0 spiro atoms. The highest BCUT2D eigenvalue weighted by Crippen LogP contribution is 2.10. The Morgan fingerprint density at radius 1 is 0.885 bits per heavy atom. The van der Waals surface area contributed by atoms with Crippen molar-refractivity contribution >= 4 is 18.2 Å². The van der Waals surface area contributed by atoms with Crippen LogP contribution in [0.3, 0.4) is 0 Å². The summed E-state index contributed by atoms with van der Waals surface area (Å²) >= 11 is 0. The van der Waals surface area contributed by atoms with Gasteiger partial charge >= 0.3 is 6.09 Å². The highest BCUT2D eigenvalue weighted by Gasteiger charge is 2.03. The van der Waals surface area contributed by atoms with Crippen molar-refractivity contribution in [3.8, 4) is 0 Å². The molecule has 3 rings (SSSR count). The molecule has 0 aliphatic rings. The Balaban J connectivity index is 1.45. The van der Waals surface area contributed by atoms with E-state index in [1.165, 1.54) is 0 Å². The van der Waals surface area contributed by atoms with E-state index in [0.29, 0.717) is 6.54 Å². The van der Waals surface area contributed by atoms with Crippen molar-refractivity contribution in [2.24, 2.45) is 0 Å². The number of nitrogens with zero attached hydrogens (tertiary/aromatic N) is 1. The lowest BCUT2D eigenvalue weighted by Gasteiger charge is -2.07. The SMILES string of the molecule is O=C(NCc1cccnc1)OCc1ccc(/C=C/c2ccccc2)cc1. The number of pyridine rings is 1. The molecule has 1 aromatic heterocycles. The van der Waals surface area contributed by atoms with Gasteiger partial charge in [-0.05, 0) is 28.3 Å².